The summed E-state index contributed by atoms with van der Waals surface area (Å²) in [5, 5.41) is 3.73. The van der Waals surface area contributed by atoms with Crippen molar-refractivity contribution in [3.8, 4) is 0 Å². The van der Waals surface area contributed by atoms with E-state index in [-0.39, 0.29) is 0 Å². The third-order valence-corrected chi connectivity index (χ3v) is 2.86. The van der Waals surface area contributed by atoms with Crippen LogP contribution in [0.2, 0.25) is 5.02 Å². The van der Waals surface area contributed by atoms with Gasteiger partial charge in [0.25, 0.3) is 0 Å². The van der Waals surface area contributed by atoms with Crippen LogP contribution in [0.25, 0.3) is 0 Å². The fourth-order valence-electron chi connectivity index (χ4n) is 1.46. The van der Waals surface area contributed by atoms with Gasteiger partial charge in [-0.25, -0.2) is 0 Å². The maximum absolute atomic E-state index is 11.0. The SMILES string of the molecule is COCCOCCNCc1ccc(C(N)=O)cc1Cl. The molecule has 0 fully saturated rings. The highest BCUT2D eigenvalue weighted by atomic mass is 35.5. The average molecular weight is 287 g/mol. The second-order valence-corrected chi connectivity index (χ2v) is 4.36. The Morgan fingerprint density at radius 3 is 2.79 bits per heavy atom. The average Bonchev–Trinajstić information content (AvgIpc) is 2.39. The molecule has 19 heavy (non-hydrogen) atoms. The summed E-state index contributed by atoms with van der Waals surface area (Å²) in [5.41, 5.74) is 6.51. The second-order valence-electron chi connectivity index (χ2n) is 3.95. The standard InChI is InChI=1S/C13H19ClN2O3/c1-18-6-7-19-5-4-16-9-11-3-2-10(13(15)17)8-12(11)14/h2-3,8,16H,4-7,9H2,1H3,(H2,15,17). The molecule has 0 aromatic heterocycles. The molecule has 5 nitrogen and oxygen atoms in total. The van der Waals surface area contributed by atoms with E-state index in [1.165, 1.54) is 0 Å². The zero-order chi connectivity index (χ0) is 14.1. The van der Waals surface area contributed by atoms with Crippen molar-refractivity contribution in [3.63, 3.8) is 0 Å². The number of ether oxygens (including phenoxy) is 2. The highest BCUT2D eigenvalue weighted by Gasteiger charge is 2.05. The Bertz CT molecular complexity index is 413. The number of rotatable bonds is 9. The first kappa shape index (κ1) is 15.9. The molecule has 0 radical (unpaired) electrons. The van der Waals surface area contributed by atoms with Crippen molar-refractivity contribution in [2.45, 2.75) is 6.54 Å². The number of carbonyl (C=O) groups excluding carboxylic acids is 1. The Balaban J connectivity index is 2.28. The van der Waals surface area contributed by atoms with Gasteiger partial charge < -0.3 is 20.5 Å². The number of primary amides is 1. The lowest BCUT2D eigenvalue weighted by atomic mass is 10.1. The van der Waals surface area contributed by atoms with Crippen LogP contribution in [0, 0.1) is 0 Å². The molecular weight excluding hydrogens is 268 g/mol. The van der Waals surface area contributed by atoms with E-state index < -0.39 is 5.91 Å². The van der Waals surface area contributed by atoms with E-state index >= 15 is 0 Å². The number of benzene rings is 1. The fourth-order valence-corrected chi connectivity index (χ4v) is 1.70. The molecule has 3 N–H and O–H groups in total. The van der Waals surface area contributed by atoms with Gasteiger partial charge in [0.15, 0.2) is 0 Å². The molecule has 0 spiro atoms. The van der Waals surface area contributed by atoms with Crippen LogP contribution in [0.1, 0.15) is 15.9 Å². The van der Waals surface area contributed by atoms with Gasteiger partial charge in [0.2, 0.25) is 5.91 Å². The molecule has 0 aliphatic carbocycles. The first-order valence-electron chi connectivity index (χ1n) is 6.00. The highest BCUT2D eigenvalue weighted by molar-refractivity contribution is 6.31. The zero-order valence-corrected chi connectivity index (χ0v) is 11.7. The van der Waals surface area contributed by atoms with Crippen LogP contribution in [0.4, 0.5) is 0 Å². The van der Waals surface area contributed by atoms with Gasteiger partial charge in [-0.05, 0) is 17.7 Å². The topological polar surface area (TPSA) is 73.6 Å². The van der Waals surface area contributed by atoms with E-state index in [9.17, 15) is 4.79 Å². The number of nitrogens with one attached hydrogen (secondary N) is 1. The van der Waals surface area contributed by atoms with Crippen molar-refractivity contribution in [2.75, 3.05) is 33.5 Å². The molecule has 0 heterocycles. The summed E-state index contributed by atoms with van der Waals surface area (Å²) >= 11 is 6.06. The number of hydrogen-bond acceptors (Lipinski definition) is 4. The highest BCUT2D eigenvalue weighted by Crippen LogP contribution is 2.17. The van der Waals surface area contributed by atoms with Crippen molar-refractivity contribution in [1.29, 1.82) is 0 Å². The van der Waals surface area contributed by atoms with Crippen LogP contribution in [0.3, 0.4) is 0 Å². The van der Waals surface area contributed by atoms with Gasteiger partial charge >= 0.3 is 0 Å². The number of methoxy groups -OCH3 is 1. The predicted octanol–water partition coefficient (Wildman–Crippen LogP) is 1.19. The van der Waals surface area contributed by atoms with E-state index in [0.29, 0.717) is 37.0 Å². The summed E-state index contributed by atoms with van der Waals surface area (Å²) in [5.74, 6) is -0.479. The predicted molar refractivity (Wildman–Crippen MR) is 74.4 cm³/mol. The summed E-state index contributed by atoms with van der Waals surface area (Å²) < 4.78 is 10.2. The van der Waals surface area contributed by atoms with Gasteiger partial charge in [-0.3, -0.25) is 4.79 Å². The summed E-state index contributed by atoms with van der Waals surface area (Å²) in [6.07, 6.45) is 0. The molecule has 106 valence electrons. The lowest BCUT2D eigenvalue weighted by molar-refractivity contribution is 0.0719. The normalized spacial score (nSPS) is 10.6. The molecule has 0 saturated heterocycles. The van der Waals surface area contributed by atoms with Crippen molar-refractivity contribution in [3.05, 3.63) is 34.3 Å². The summed E-state index contributed by atoms with van der Waals surface area (Å²) in [6, 6.07) is 5.04. The molecule has 1 aromatic carbocycles. The molecule has 0 bridgehead atoms. The monoisotopic (exact) mass is 286 g/mol. The molecule has 0 saturated carbocycles. The smallest absolute Gasteiger partial charge is 0.248 e. The van der Waals surface area contributed by atoms with Gasteiger partial charge in [0, 0.05) is 30.8 Å². The Kier molecular flexibility index (Phi) is 7.43. The molecule has 0 aliphatic rings. The van der Waals surface area contributed by atoms with Crippen LogP contribution in [0.15, 0.2) is 18.2 Å². The molecule has 0 aliphatic heterocycles. The van der Waals surface area contributed by atoms with Crippen LogP contribution in [-0.4, -0.2) is 39.4 Å². The van der Waals surface area contributed by atoms with Crippen LogP contribution in [-0.2, 0) is 16.0 Å². The molecule has 1 amide bonds. The Morgan fingerprint density at radius 2 is 2.16 bits per heavy atom. The summed E-state index contributed by atoms with van der Waals surface area (Å²) in [7, 11) is 1.64. The van der Waals surface area contributed by atoms with Crippen molar-refractivity contribution in [2.24, 2.45) is 5.73 Å². The third kappa shape index (κ3) is 6.02. The largest absolute Gasteiger partial charge is 0.382 e. The van der Waals surface area contributed by atoms with Gasteiger partial charge in [-0.15, -0.1) is 0 Å². The minimum atomic E-state index is -0.479. The summed E-state index contributed by atoms with van der Waals surface area (Å²) in [4.78, 5) is 11.0. The number of carbonyl (C=O) groups is 1. The minimum absolute atomic E-state index is 0.414. The van der Waals surface area contributed by atoms with E-state index in [1.807, 2.05) is 0 Å². The number of nitrogens with two attached hydrogens (primary N) is 1. The quantitative estimate of drug-likeness (QED) is 0.669. The van der Waals surface area contributed by atoms with Crippen molar-refractivity contribution in [1.82, 2.24) is 5.32 Å². The van der Waals surface area contributed by atoms with E-state index in [1.54, 1.807) is 25.3 Å². The van der Waals surface area contributed by atoms with Crippen molar-refractivity contribution >= 4 is 17.5 Å². The molecule has 0 unspecified atom stereocenters. The Labute approximate surface area is 118 Å². The van der Waals surface area contributed by atoms with Crippen LogP contribution in [0.5, 0.6) is 0 Å². The zero-order valence-electron chi connectivity index (χ0n) is 10.9. The van der Waals surface area contributed by atoms with E-state index in [2.05, 4.69) is 5.32 Å². The van der Waals surface area contributed by atoms with Crippen molar-refractivity contribution < 1.29 is 14.3 Å². The Morgan fingerprint density at radius 1 is 1.37 bits per heavy atom. The van der Waals surface area contributed by atoms with E-state index in [0.717, 1.165) is 12.1 Å². The van der Waals surface area contributed by atoms with Gasteiger partial charge in [0.1, 0.15) is 0 Å². The number of halogens is 1. The minimum Gasteiger partial charge on any atom is -0.382 e. The molecule has 6 heteroatoms. The van der Waals surface area contributed by atoms with E-state index in [4.69, 9.17) is 26.8 Å². The lowest BCUT2D eigenvalue weighted by Crippen LogP contribution is -2.20. The lowest BCUT2D eigenvalue weighted by Gasteiger charge is -2.08. The first-order valence-corrected chi connectivity index (χ1v) is 6.38. The maximum Gasteiger partial charge on any atom is 0.248 e. The maximum atomic E-state index is 11.0. The molecule has 0 atom stereocenters. The second kappa shape index (κ2) is 8.87. The molecule has 1 rings (SSSR count). The Hall–Kier alpha value is -1.14. The van der Waals surface area contributed by atoms with Crippen LogP contribution >= 0.6 is 11.6 Å². The molecule has 1 aromatic rings. The van der Waals surface area contributed by atoms with Gasteiger partial charge in [0.05, 0.1) is 19.8 Å². The number of amides is 1. The summed E-state index contributed by atoms with van der Waals surface area (Å²) in [6.45, 7) is 3.14. The molecular formula is C13H19ClN2O3. The fraction of sp³-hybridized carbons (Fsp3) is 0.462. The van der Waals surface area contributed by atoms with Crippen LogP contribution < -0.4 is 11.1 Å². The third-order valence-electron chi connectivity index (χ3n) is 2.51. The first-order chi connectivity index (χ1) is 9.15. The van der Waals surface area contributed by atoms with Gasteiger partial charge in [-0.1, -0.05) is 17.7 Å². The van der Waals surface area contributed by atoms with Gasteiger partial charge in [-0.2, -0.15) is 0 Å². The number of hydrogen-bond donors (Lipinski definition) is 2.